The van der Waals surface area contributed by atoms with Gasteiger partial charge in [-0.05, 0) is 60.5 Å². The zero-order valence-electron chi connectivity index (χ0n) is 13.8. The third-order valence-corrected chi connectivity index (χ3v) is 4.61. The summed E-state index contributed by atoms with van der Waals surface area (Å²) in [7, 11) is 3.25. The number of Topliss-reactive ketones (excluding diaryl/α,β-unsaturated/α-hetero) is 1. The summed E-state index contributed by atoms with van der Waals surface area (Å²) in [5.74, 6) is 1.50. The van der Waals surface area contributed by atoms with Crippen LogP contribution in [0, 0.1) is 0 Å². The number of ether oxygens (including phenoxy) is 2. The molecule has 1 N–H and O–H groups in total. The van der Waals surface area contributed by atoms with Crippen molar-refractivity contribution in [1.82, 2.24) is 5.32 Å². The van der Waals surface area contributed by atoms with Crippen LogP contribution >= 0.6 is 11.6 Å². The fourth-order valence-corrected chi connectivity index (χ4v) is 3.22. The van der Waals surface area contributed by atoms with Gasteiger partial charge in [-0.1, -0.05) is 11.6 Å². The minimum absolute atomic E-state index is 0.0308. The van der Waals surface area contributed by atoms with E-state index in [2.05, 4.69) is 5.32 Å². The number of carbonyl (C=O) groups is 1. The second-order valence-electron chi connectivity index (χ2n) is 5.80. The van der Waals surface area contributed by atoms with E-state index in [9.17, 15) is 4.79 Å². The van der Waals surface area contributed by atoms with E-state index in [4.69, 9.17) is 21.1 Å². The number of hydrogen-bond donors (Lipinski definition) is 1. The fraction of sp³-hybridized carbons (Fsp3) is 0.316. The lowest BCUT2D eigenvalue weighted by molar-refractivity contribution is 0.0967. The largest absolute Gasteiger partial charge is 0.493 e. The van der Waals surface area contributed by atoms with Crippen molar-refractivity contribution < 1.29 is 14.3 Å². The summed E-state index contributed by atoms with van der Waals surface area (Å²) >= 11 is 5.89. The summed E-state index contributed by atoms with van der Waals surface area (Å²) in [6, 6.07) is 11.0. The van der Waals surface area contributed by atoms with Crippen molar-refractivity contribution in [3.05, 3.63) is 58.1 Å². The molecular formula is C19H20ClNO3. The van der Waals surface area contributed by atoms with Gasteiger partial charge in [0, 0.05) is 23.0 Å². The van der Waals surface area contributed by atoms with Crippen molar-refractivity contribution >= 4 is 17.4 Å². The van der Waals surface area contributed by atoms with Gasteiger partial charge in [0.1, 0.15) is 0 Å². The van der Waals surface area contributed by atoms with Gasteiger partial charge < -0.3 is 14.8 Å². The third-order valence-electron chi connectivity index (χ3n) is 4.36. The molecule has 0 fully saturated rings. The summed E-state index contributed by atoms with van der Waals surface area (Å²) in [5, 5.41) is 4.06. The van der Waals surface area contributed by atoms with Crippen LogP contribution in [0.4, 0.5) is 0 Å². The Hall–Kier alpha value is -2.04. The van der Waals surface area contributed by atoms with Crippen LogP contribution in [-0.2, 0) is 6.42 Å². The number of rotatable bonds is 5. The Kier molecular flexibility index (Phi) is 5.07. The van der Waals surface area contributed by atoms with Crippen LogP contribution in [0.15, 0.2) is 36.4 Å². The smallest absolute Gasteiger partial charge is 0.164 e. The molecule has 0 spiro atoms. The monoisotopic (exact) mass is 345 g/mol. The van der Waals surface area contributed by atoms with E-state index < -0.39 is 0 Å². The molecule has 1 aliphatic heterocycles. The molecule has 0 amide bonds. The summed E-state index contributed by atoms with van der Waals surface area (Å²) in [6.45, 7) is 0.834. The maximum atomic E-state index is 12.6. The molecule has 0 saturated carbocycles. The van der Waals surface area contributed by atoms with Crippen molar-refractivity contribution in [2.45, 2.75) is 18.9 Å². The molecular weight excluding hydrogens is 326 g/mol. The molecule has 2 aromatic rings. The number of fused-ring (bicyclic) bond motifs is 1. The molecule has 0 radical (unpaired) electrons. The van der Waals surface area contributed by atoms with Gasteiger partial charge in [-0.25, -0.2) is 0 Å². The maximum absolute atomic E-state index is 12.6. The lowest BCUT2D eigenvalue weighted by Crippen LogP contribution is -2.31. The van der Waals surface area contributed by atoms with E-state index in [1.165, 1.54) is 5.56 Å². The van der Waals surface area contributed by atoms with Gasteiger partial charge in [0.2, 0.25) is 0 Å². The van der Waals surface area contributed by atoms with Crippen LogP contribution in [0.25, 0.3) is 0 Å². The number of ketones is 1. The molecule has 5 heteroatoms. The normalized spacial score (nSPS) is 16.4. The number of methoxy groups -OCH3 is 2. The van der Waals surface area contributed by atoms with E-state index in [-0.39, 0.29) is 11.8 Å². The van der Waals surface area contributed by atoms with Gasteiger partial charge >= 0.3 is 0 Å². The Labute approximate surface area is 146 Å². The number of nitrogens with one attached hydrogen (secondary N) is 1. The molecule has 1 atom stereocenters. The van der Waals surface area contributed by atoms with E-state index in [0.29, 0.717) is 22.8 Å². The molecule has 2 aromatic carbocycles. The van der Waals surface area contributed by atoms with Crippen LogP contribution < -0.4 is 14.8 Å². The Bertz CT molecular complexity index is 743. The van der Waals surface area contributed by atoms with E-state index in [1.54, 1.807) is 38.5 Å². The standard InChI is InChI=1S/C19H20ClNO3/c1-23-18-9-13-7-8-21-16(15(13)10-19(18)24-2)11-17(22)12-3-5-14(20)6-4-12/h3-6,9-10,16,21H,7-8,11H2,1-2H3/t16-/m0/s1. The molecule has 1 aliphatic rings. The van der Waals surface area contributed by atoms with Crippen molar-refractivity contribution in [1.29, 1.82) is 0 Å². The lowest BCUT2D eigenvalue weighted by Gasteiger charge is -2.27. The Morgan fingerprint density at radius 1 is 1.17 bits per heavy atom. The highest BCUT2D eigenvalue weighted by atomic mass is 35.5. The Morgan fingerprint density at radius 2 is 1.83 bits per heavy atom. The quantitative estimate of drug-likeness (QED) is 0.837. The highest BCUT2D eigenvalue weighted by molar-refractivity contribution is 6.30. The van der Waals surface area contributed by atoms with E-state index in [0.717, 1.165) is 24.3 Å². The molecule has 0 aromatic heterocycles. The van der Waals surface area contributed by atoms with Gasteiger partial charge in [-0.15, -0.1) is 0 Å². The van der Waals surface area contributed by atoms with Gasteiger partial charge in [0.15, 0.2) is 17.3 Å². The summed E-state index contributed by atoms with van der Waals surface area (Å²) in [5.41, 5.74) is 2.97. The number of halogens is 1. The fourth-order valence-electron chi connectivity index (χ4n) is 3.09. The second-order valence-corrected chi connectivity index (χ2v) is 6.23. The minimum atomic E-state index is -0.0308. The highest BCUT2D eigenvalue weighted by Crippen LogP contribution is 2.36. The summed E-state index contributed by atoms with van der Waals surface area (Å²) < 4.78 is 10.8. The molecule has 0 bridgehead atoms. The van der Waals surface area contributed by atoms with Gasteiger partial charge in [0.05, 0.1) is 14.2 Å². The summed E-state index contributed by atoms with van der Waals surface area (Å²) in [6.07, 6.45) is 1.30. The van der Waals surface area contributed by atoms with Crippen LogP contribution in [0.5, 0.6) is 11.5 Å². The molecule has 0 unspecified atom stereocenters. The molecule has 1 heterocycles. The summed E-state index contributed by atoms with van der Waals surface area (Å²) in [4.78, 5) is 12.6. The number of carbonyl (C=O) groups excluding carboxylic acids is 1. The van der Waals surface area contributed by atoms with Crippen molar-refractivity contribution in [2.75, 3.05) is 20.8 Å². The van der Waals surface area contributed by atoms with Crippen molar-refractivity contribution in [2.24, 2.45) is 0 Å². The average Bonchev–Trinajstić information content (AvgIpc) is 2.61. The van der Waals surface area contributed by atoms with Crippen LogP contribution in [0.2, 0.25) is 5.02 Å². The topological polar surface area (TPSA) is 47.6 Å². The van der Waals surface area contributed by atoms with Gasteiger partial charge in [-0.2, -0.15) is 0 Å². The first-order chi connectivity index (χ1) is 11.6. The second kappa shape index (κ2) is 7.24. The van der Waals surface area contributed by atoms with Crippen molar-refractivity contribution in [3.63, 3.8) is 0 Å². The van der Waals surface area contributed by atoms with E-state index in [1.807, 2.05) is 12.1 Å². The first kappa shape index (κ1) is 16.8. The molecule has 0 saturated heterocycles. The number of hydrogen-bond acceptors (Lipinski definition) is 4. The van der Waals surface area contributed by atoms with Crippen LogP contribution in [0.1, 0.15) is 33.9 Å². The molecule has 4 nitrogen and oxygen atoms in total. The zero-order chi connectivity index (χ0) is 17.1. The highest BCUT2D eigenvalue weighted by Gasteiger charge is 2.25. The minimum Gasteiger partial charge on any atom is -0.493 e. The maximum Gasteiger partial charge on any atom is 0.164 e. The Morgan fingerprint density at radius 3 is 2.50 bits per heavy atom. The van der Waals surface area contributed by atoms with E-state index >= 15 is 0 Å². The first-order valence-electron chi connectivity index (χ1n) is 7.89. The molecule has 3 rings (SSSR count). The Balaban J connectivity index is 1.86. The predicted octanol–water partition coefficient (Wildman–Crippen LogP) is 3.82. The van der Waals surface area contributed by atoms with Crippen molar-refractivity contribution in [3.8, 4) is 11.5 Å². The zero-order valence-corrected chi connectivity index (χ0v) is 14.5. The molecule has 0 aliphatic carbocycles. The van der Waals surface area contributed by atoms with Crippen LogP contribution in [0.3, 0.4) is 0 Å². The number of benzene rings is 2. The average molecular weight is 346 g/mol. The van der Waals surface area contributed by atoms with Gasteiger partial charge in [0.25, 0.3) is 0 Å². The lowest BCUT2D eigenvalue weighted by atomic mass is 9.89. The third kappa shape index (κ3) is 3.40. The first-order valence-corrected chi connectivity index (χ1v) is 8.27. The SMILES string of the molecule is COc1cc2c(cc1OC)[C@H](CC(=O)c1ccc(Cl)cc1)NCC2. The predicted molar refractivity (Wildman–Crippen MR) is 94.4 cm³/mol. The van der Waals surface area contributed by atoms with Gasteiger partial charge in [-0.3, -0.25) is 4.79 Å². The molecule has 24 heavy (non-hydrogen) atoms. The molecule has 126 valence electrons. The van der Waals surface area contributed by atoms with Crippen LogP contribution in [-0.4, -0.2) is 26.5 Å².